The maximum absolute atomic E-state index is 9.70. The Kier molecular flexibility index (Phi) is 5.00. The second kappa shape index (κ2) is 10.4. The molecule has 0 bridgehead atoms. The van der Waals surface area contributed by atoms with Gasteiger partial charge in [0.15, 0.2) is 0 Å². The lowest BCUT2D eigenvalue weighted by Crippen LogP contribution is -1.91. The lowest BCUT2D eigenvalue weighted by molar-refractivity contribution is 0.669. The van der Waals surface area contributed by atoms with Gasteiger partial charge in [0.05, 0.1) is 5.48 Å². The molecule has 0 N–H and O–H groups in total. The van der Waals surface area contributed by atoms with E-state index in [-0.39, 0.29) is 24.2 Å². The lowest BCUT2D eigenvalue weighted by atomic mass is 9.85. The third kappa shape index (κ3) is 4.24. The Balaban J connectivity index is 1.32. The van der Waals surface area contributed by atoms with Crippen LogP contribution in [0.1, 0.15) is 5.48 Å². The minimum Gasteiger partial charge on any atom is -0.456 e. The van der Waals surface area contributed by atoms with Crippen LogP contribution in [0.25, 0.3) is 88.0 Å². The molecule has 210 valence electrons. The molecule has 0 unspecified atom stereocenters. The van der Waals surface area contributed by atoms with Crippen molar-refractivity contribution in [2.45, 2.75) is 0 Å². The summed E-state index contributed by atoms with van der Waals surface area (Å²) in [5, 5.41) is 5.61. The summed E-state index contributed by atoms with van der Waals surface area (Å²) in [5.74, 6) is 0. The summed E-state index contributed by atoms with van der Waals surface area (Å²) in [4.78, 5) is 0. The van der Waals surface area contributed by atoms with Crippen LogP contribution in [0, 0.1) is 0 Å². The summed E-state index contributed by atoms with van der Waals surface area (Å²) in [6.07, 6.45) is 0. The molecule has 0 saturated carbocycles. The van der Waals surface area contributed by atoms with E-state index in [2.05, 4.69) is 42.5 Å². The van der Waals surface area contributed by atoms with Crippen molar-refractivity contribution in [2.24, 2.45) is 0 Å². The predicted octanol–water partition coefficient (Wildman–Crippen LogP) is 12.6. The largest absolute Gasteiger partial charge is 0.456 e. The summed E-state index contributed by atoms with van der Waals surface area (Å²) in [7, 11) is 0. The maximum Gasteiger partial charge on any atom is 0.135 e. The lowest BCUT2D eigenvalue weighted by Gasteiger charge is -2.18. The normalized spacial score (nSPS) is 12.8. The van der Waals surface area contributed by atoms with E-state index in [1.807, 2.05) is 103 Å². The smallest absolute Gasteiger partial charge is 0.135 e. The number of furan rings is 1. The van der Waals surface area contributed by atoms with Gasteiger partial charge in [-0.25, -0.2) is 0 Å². The van der Waals surface area contributed by atoms with Crippen molar-refractivity contribution in [1.29, 1.82) is 0 Å². The molecule has 0 spiro atoms. The monoisotopic (exact) mass is 576 g/mol. The van der Waals surface area contributed by atoms with E-state index in [1.54, 1.807) is 0 Å². The van der Waals surface area contributed by atoms with Crippen LogP contribution >= 0.6 is 0 Å². The third-order valence-electron chi connectivity index (χ3n) is 8.73. The molecule has 0 atom stereocenters. The molecule has 0 fully saturated rings. The molecular weight excluding hydrogens is 544 g/mol. The van der Waals surface area contributed by atoms with E-state index in [4.69, 9.17) is 7.16 Å². The van der Waals surface area contributed by atoms with Crippen LogP contribution in [0.2, 0.25) is 0 Å². The standard InChI is InChI=1S/C44H28O/c1-3-12-29(13-4-1)32-22-24-41-39(27-32)40-28-33(23-25-42(40)45-41)31-16-11-17-34(26-31)44-37-20-9-7-18-35(37)43(30-14-5-2-6-15-30)36-19-8-10-21-38(36)44/h1-28H/i11D,16D,17D,26D. The SMILES string of the molecule is [2H]c1c([2H])c(-c2ccc3oc4ccc(-c5ccccc5)cc4c3c2)c([2H])c(-c2c3ccccc3c(-c3ccccc3)c3ccccc23)c1[2H]. The quantitative estimate of drug-likeness (QED) is 0.190. The molecule has 0 saturated heterocycles. The second-order valence-electron chi connectivity index (χ2n) is 11.3. The minimum absolute atomic E-state index is 0.0610. The van der Waals surface area contributed by atoms with E-state index in [0.29, 0.717) is 22.3 Å². The van der Waals surface area contributed by atoms with Gasteiger partial charge in [-0.3, -0.25) is 0 Å². The highest BCUT2D eigenvalue weighted by Crippen LogP contribution is 2.44. The van der Waals surface area contributed by atoms with E-state index in [9.17, 15) is 2.74 Å². The Morgan fingerprint density at radius 2 is 0.800 bits per heavy atom. The molecule has 0 amide bonds. The fourth-order valence-electron chi connectivity index (χ4n) is 6.67. The first-order valence-corrected chi connectivity index (χ1v) is 15.1. The van der Waals surface area contributed by atoms with Crippen LogP contribution in [-0.2, 0) is 0 Å². The Morgan fingerprint density at radius 3 is 1.36 bits per heavy atom. The summed E-state index contributed by atoms with van der Waals surface area (Å²) < 4.78 is 43.2. The van der Waals surface area contributed by atoms with Gasteiger partial charge >= 0.3 is 0 Å². The van der Waals surface area contributed by atoms with Crippen molar-refractivity contribution >= 4 is 43.5 Å². The van der Waals surface area contributed by atoms with E-state index >= 15 is 0 Å². The van der Waals surface area contributed by atoms with Crippen LogP contribution in [0.15, 0.2) is 174 Å². The van der Waals surface area contributed by atoms with Gasteiger partial charge in [-0.15, -0.1) is 0 Å². The highest BCUT2D eigenvalue weighted by Gasteiger charge is 2.17. The Morgan fingerprint density at radius 1 is 0.356 bits per heavy atom. The van der Waals surface area contributed by atoms with Crippen molar-refractivity contribution in [3.63, 3.8) is 0 Å². The predicted molar refractivity (Wildman–Crippen MR) is 190 cm³/mol. The van der Waals surface area contributed by atoms with Gasteiger partial charge in [-0.05, 0) is 96.4 Å². The maximum atomic E-state index is 9.70. The highest BCUT2D eigenvalue weighted by atomic mass is 16.3. The van der Waals surface area contributed by atoms with Gasteiger partial charge in [0, 0.05) is 10.8 Å². The van der Waals surface area contributed by atoms with E-state index in [0.717, 1.165) is 65.7 Å². The minimum atomic E-state index is -0.204. The number of hydrogen-bond acceptors (Lipinski definition) is 1. The molecule has 1 aromatic heterocycles. The number of rotatable bonds is 4. The fraction of sp³-hybridized carbons (Fsp3) is 0. The number of benzene rings is 8. The zero-order chi connectivity index (χ0) is 33.2. The highest BCUT2D eigenvalue weighted by molar-refractivity contribution is 6.21. The molecule has 0 radical (unpaired) electrons. The number of fused-ring (bicyclic) bond motifs is 5. The molecule has 0 aliphatic carbocycles. The second-order valence-corrected chi connectivity index (χ2v) is 11.3. The first kappa shape index (κ1) is 21.7. The van der Waals surface area contributed by atoms with Gasteiger partial charge < -0.3 is 4.42 Å². The number of hydrogen-bond donors (Lipinski definition) is 0. The molecule has 1 heteroatoms. The van der Waals surface area contributed by atoms with Crippen molar-refractivity contribution < 1.29 is 9.90 Å². The first-order valence-electron chi connectivity index (χ1n) is 17.1. The Bertz CT molecular complexity index is 2690. The van der Waals surface area contributed by atoms with Crippen molar-refractivity contribution in [3.05, 3.63) is 170 Å². The molecule has 1 heterocycles. The molecule has 0 aliphatic rings. The zero-order valence-corrected chi connectivity index (χ0v) is 24.3. The van der Waals surface area contributed by atoms with Gasteiger partial charge in [0.25, 0.3) is 0 Å². The van der Waals surface area contributed by atoms with Gasteiger partial charge in [0.2, 0.25) is 0 Å². The molecule has 9 rings (SSSR count). The average Bonchev–Trinajstić information content (AvgIpc) is 3.52. The fourth-order valence-corrected chi connectivity index (χ4v) is 6.67. The van der Waals surface area contributed by atoms with Crippen molar-refractivity contribution in [1.82, 2.24) is 0 Å². The van der Waals surface area contributed by atoms with Crippen LogP contribution in [0.3, 0.4) is 0 Å². The Hall–Kier alpha value is -5.92. The molecule has 0 aliphatic heterocycles. The van der Waals surface area contributed by atoms with Crippen LogP contribution in [-0.4, -0.2) is 0 Å². The van der Waals surface area contributed by atoms with Crippen molar-refractivity contribution in [2.75, 3.05) is 0 Å². The van der Waals surface area contributed by atoms with Crippen LogP contribution < -0.4 is 0 Å². The summed E-state index contributed by atoms with van der Waals surface area (Å²) >= 11 is 0. The van der Waals surface area contributed by atoms with Crippen molar-refractivity contribution in [3.8, 4) is 44.5 Å². The molecule has 1 nitrogen and oxygen atoms in total. The van der Waals surface area contributed by atoms with E-state index < -0.39 is 0 Å². The summed E-state index contributed by atoms with van der Waals surface area (Å²) in [5.41, 5.74) is 7.85. The molecule has 45 heavy (non-hydrogen) atoms. The first-order chi connectivity index (χ1) is 24.0. The molecule has 9 aromatic rings. The van der Waals surface area contributed by atoms with Gasteiger partial charge in [0.1, 0.15) is 11.2 Å². The van der Waals surface area contributed by atoms with Gasteiger partial charge in [-0.1, -0.05) is 139 Å². The molecular formula is C44H28O. The Labute approximate surface area is 267 Å². The van der Waals surface area contributed by atoms with Crippen LogP contribution in [0.4, 0.5) is 0 Å². The average molecular weight is 577 g/mol. The summed E-state index contributed by atoms with van der Waals surface area (Å²) in [6, 6.07) is 48.1. The summed E-state index contributed by atoms with van der Waals surface area (Å²) in [6.45, 7) is 0. The zero-order valence-electron chi connectivity index (χ0n) is 28.3. The van der Waals surface area contributed by atoms with Crippen LogP contribution in [0.5, 0.6) is 0 Å². The van der Waals surface area contributed by atoms with Gasteiger partial charge in [-0.2, -0.15) is 0 Å². The van der Waals surface area contributed by atoms with E-state index in [1.165, 1.54) is 0 Å². The molecule has 8 aromatic carbocycles. The third-order valence-corrected chi connectivity index (χ3v) is 8.73. The topological polar surface area (TPSA) is 13.1 Å².